The average Bonchev–Trinajstić information content (AvgIpc) is 2.85. The molecule has 1 unspecified atom stereocenters. The smallest absolute Gasteiger partial charge is 0.0545 e. The lowest BCUT2D eigenvalue weighted by Gasteiger charge is -2.61. The van der Waals surface area contributed by atoms with Crippen molar-refractivity contribution in [3.63, 3.8) is 0 Å². The molecule has 2 N–H and O–H groups in total. The summed E-state index contributed by atoms with van der Waals surface area (Å²) in [5.74, 6) is 3.87. The van der Waals surface area contributed by atoms with E-state index in [-0.39, 0.29) is 12.2 Å². The Morgan fingerprint density at radius 2 is 1.57 bits per heavy atom. The zero-order chi connectivity index (χ0) is 16.4. The molecular formula is C21H36O2. The van der Waals surface area contributed by atoms with Gasteiger partial charge in [0.05, 0.1) is 12.2 Å². The van der Waals surface area contributed by atoms with Crippen LogP contribution in [-0.4, -0.2) is 22.4 Å². The van der Waals surface area contributed by atoms with Gasteiger partial charge in [-0.2, -0.15) is 0 Å². The highest BCUT2D eigenvalue weighted by atomic mass is 16.3. The molecule has 4 aliphatic carbocycles. The number of rotatable bonds is 1. The maximum Gasteiger partial charge on any atom is 0.0545 e. The zero-order valence-electron chi connectivity index (χ0n) is 15.3. The highest BCUT2D eigenvalue weighted by molar-refractivity contribution is 5.09. The second-order valence-corrected chi connectivity index (χ2v) is 10.1. The first kappa shape index (κ1) is 16.4. The standard InChI is InChI=1S/C21H36O2/c1-13(22)17-6-7-18-16-5-4-14-12-15(23)8-10-20(14,2)19(16)9-11-21(17,18)3/h13-19,22-23H,4-12H2,1-3H3/t13-,14+,15+,16-,17?,18-,19-,20-,21+/m0/s1. The number of aliphatic hydroxyl groups excluding tert-OH is 2. The van der Waals surface area contributed by atoms with E-state index < -0.39 is 0 Å². The van der Waals surface area contributed by atoms with Crippen LogP contribution >= 0.6 is 0 Å². The molecular weight excluding hydrogens is 284 g/mol. The van der Waals surface area contributed by atoms with Crippen LogP contribution in [0.1, 0.15) is 78.6 Å². The third kappa shape index (κ3) is 2.27. The molecule has 0 amide bonds. The van der Waals surface area contributed by atoms with Crippen LogP contribution in [0, 0.1) is 40.4 Å². The Kier molecular flexibility index (Phi) is 3.89. The van der Waals surface area contributed by atoms with E-state index in [1.807, 2.05) is 6.92 Å². The van der Waals surface area contributed by atoms with Gasteiger partial charge in [0.25, 0.3) is 0 Å². The molecule has 0 radical (unpaired) electrons. The SMILES string of the molecule is C[C@H](O)C1CC[C@H]2[C@@H]3CC[C@@H]4C[C@H](O)CC[C@]4(C)[C@H]3CC[C@]12C. The minimum atomic E-state index is -0.140. The van der Waals surface area contributed by atoms with Crippen molar-refractivity contribution in [3.8, 4) is 0 Å². The molecule has 0 aromatic rings. The van der Waals surface area contributed by atoms with E-state index in [0.717, 1.165) is 36.5 Å². The van der Waals surface area contributed by atoms with Crippen LogP contribution in [-0.2, 0) is 0 Å². The van der Waals surface area contributed by atoms with Gasteiger partial charge in [0, 0.05) is 0 Å². The molecule has 0 saturated heterocycles. The first-order valence-electron chi connectivity index (χ1n) is 10.2. The Balaban J connectivity index is 1.60. The molecule has 2 nitrogen and oxygen atoms in total. The Morgan fingerprint density at radius 1 is 0.870 bits per heavy atom. The fraction of sp³-hybridized carbons (Fsp3) is 1.00. The molecule has 132 valence electrons. The van der Waals surface area contributed by atoms with Gasteiger partial charge >= 0.3 is 0 Å². The summed E-state index contributed by atoms with van der Waals surface area (Å²) in [6, 6.07) is 0. The largest absolute Gasteiger partial charge is 0.393 e. The van der Waals surface area contributed by atoms with E-state index in [4.69, 9.17) is 0 Å². The molecule has 0 heterocycles. The van der Waals surface area contributed by atoms with Crippen molar-refractivity contribution in [2.75, 3.05) is 0 Å². The summed E-state index contributed by atoms with van der Waals surface area (Å²) in [6.45, 7) is 7.08. The first-order valence-corrected chi connectivity index (χ1v) is 10.2. The lowest BCUT2D eigenvalue weighted by Crippen LogP contribution is -2.54. The van der Waals surface area contributed by atoms with E-state index in [1.54, 1.807) is 0 Å². The van der Waals surface area contributed by atoms with E-state index in [1.165, 1.54) is 44.9 Å². The third-order valence-corrected chi connectivity index (χ3v) is 9.29. The minimum Gasteiger partial charge on any atom is -0.393 e. The minimum absolute atomic E-state index is 0.0374. The molecule has 0 aromatic heterocycles. The van der Waals surface area contributed by atoms with Crippen molar-refractivity contribution in [1.29, 1.82) is 0 Å². The Hall–Kier alpha value is -0.0800. The molecule has 0 spiro atoms. The Morgan fingerprint density at radius 3 is 2.30 bits per heavy atom. The van der Waals surface area contributed by atoms with Crippen molar-refractivity contribution in [2.24, 2.45) is 40.4 Å². The van der Waals surface area contributed by atoms with Crippen LogP contribution in [0.15, 0.2) is 0 Å². The number of hydrogen-bond acceptors (Lipinski definition) is 2. The van der Waals surface area contributed by atoms with Crippen LogP contribution in [0.2, 0.25) is 0 Å². The molecule has 23 heavy (non-hydrogen) atoms. The second-order valence-electron chi connectivity index (χ2n) is 10.1. The monoisotopic (exact) mass is 320 g/mol. The maximum atomic E-state index is 10.3. The molecule has 4 saturated carbocycles. The summed E-state index contributed by atoms with van der Waals surface area (Å²) in [4.78, 5) is 0. The second kappa shape index (κ2) is 5.46. The van der Waals surface area contributed by atoms with Gasteiger partial charge in [-0.05, 0) is 105 Å². The lowest BCUT2D eigenvalue weighted by atomic mass is 9.44. The molecule has 0 aliphatic heterocycles. The predicted octanol–water partition coefficient (Wildman–Crippen LogP) is 4.39. The summed E-state index contributed by atoms with van der Waals surface area (Å²) in [6.07, 6.45) is 11.1. The van der Waals surface area contributed by atoms with Crippen LogP contribution < -0.4 is 0 Å². The highest BCUT2D eigenvalue weighted by Crippen LogP contribution is 2.67. The summed E-state index contributed by atoms with van der Waals surface area (Å²) in [7, 11) is 0. The Bertz CT molecular complexity index is 461. The van der Waals surface area contributed by atoms with Gasteiger partial charge < -0.3 is 10.2 Å². The van der Waals surface area contributed by atoms with Gasteiger partial charge in [-0.15, -0.1) is 0 Å². The van der Waals surface area contributed by atoms with E-state index in [0.29, 0.717) is 16.7 Å². The molecule has 4 rings (SSSR count). The average molecular weight is 321 g/mol. The molecule has 4 fully saturated rings. The molecule has 0 aromatic carbocycles. The molecule has 0 bridgehead atoms. The van der Waals surface area contributed by atoms with Crippen LogP contribution in [0.25, 0.3) is 0 Å². The van der Waals surface area contributed by atoms with Crippen LogP contribution in [0.5, 0.6) is 0 Å². The summed E-state index contributed by atoms with van der Waals surface area (Å²) in [5.41, 5.74) is 0.860. The van der Waals surface area contributed by atoms with Crippen molar-refractivity contribution in [3.05, 3.63) is 0 Å². The van der Waals surface area contributed by atoms with Gasteiger partial charge in [0.15, 0.2) is 0 Å². The summed E-state index contributed by atoms with van der Waals surface area (Å²) >= 11 is 0. The molecule has 9 atom stereocenters. The number of aliphatic hydroxyl groups is 2. The Labute approximate surface area is 142 Å². The fourth-order valence-corrected chi connectivity index (χ4v) is 8.07. The predicted molar refractivity (Wildman–Crippen MR) is 92.9 cm³/mol. The zero-order valence-corrected chi connectivity index (χ0v) is 15.3. The van der Waals surface area contributed by atoms with Gasteiger partial charge in [-0.25, -0.2) is 0 Å². The molecule has 2 heteroatoms. The van der Waals surface area contributed by atoms with Crippen LogP contribution in [0.4, 0.5) is 0 Å². The van der Waals surface area contributed by atoms with E-state index in [9.17, 15) is 10.2 Å². The van der Waals surface area contributed by atoms with Crippen molar-refractivity contribution in [2.45, 2.75) is 90.8 Å². The van der Waals surface area contributed by atoms with Crippen molar-refractivity contribution >= 4 is 0 Å². The van der Waals surface area contributed by atoms with Gasteiger partial charge in [0.2, 0.25) is 0 Å². The normalized spacial score (nSPS) is 57.3. The fourth-order valence-electron chi connectivity index (χ4n) is 8.07. The highest BCUT2D eigenvalue weighted by Gasteiger charge is 2.60. The van der Waals surface area contributed by atoms with Gasteiger partial charge in [0.1, 0.15) is 0 Å². The molecule has 4 aliphatic rings. The van der Waals surface area contributed by atoms with Crippen molar-refractivity contribution in [1.82, 2.24) is 0 Å². The topological polar surface area (TPSA) is 40.5 Å². The van der Waals surface area contributed by atoms with Crippen LogP contribution in [0.3, 0.4) is 0 Å². The number of hydrogen-bond donors (Lipinski definition) is 2. The number of fused-ring (bicyclic) bond motifs is 5. The quantitative estimate of drug-likeness (QED) is 0.752. The third-order valence-electron chi connectivity index (χ3n) is 9.29. The van der Waals surface area contributed by atoms with Gasteiger partial charge in [-0.3, -0.25) is 0 Å². The maximum absolute atomic E-state index is 10.3. The van der Waals surface area contributed by atoms with E-state index >= 15 is 0 Å². The van der Waals surface area contributed by atoms with Crippen molar-refractivity contribution < 1.29 is 10.2 Å². The van der Waals surface area contributed by atoms with E-state index in [2.05, 4.69) is 13.8 Å². The summed E-state index contributed by atoms with van der Waals surface area (Å²) < 4.78 is 0. The first-order chi connectivity index (χ1) is 10.9. The lowest BCUT2D eigenvalue weighted by molar-refractivity contribution is -0.132. The summed E-state index contributed by atoms with van der Waals surface area (Å²) in [5, 5.41) is 20.4. The van der Waals surface area contributed by atoms with Gasteiger partial charge in [-0.1, -0.05) is 13.8 Å².